The highest BCUT2D eigenvalue weighted by molar-refractivity contribution is 5.79. The van der Waals surface area contributed by atoms with E-state index in [1.54, 1.807) is 0 Å². The molecule has 2 N–H and O–H groups in total. The zero-order chi connectivity index (χ0) is 15.9. The molecule has 2 amide bonds. The smallest absolute Gasteiger partial charge is 0.222 e. The quantitative estimate of drug-likeness (QED) is 0.841. The lowest BCUT2D eigenvalue weighted by atomic mass is 10.0. The summed E-state index contributed by atoms with van der Waals surface area (Å²) in [7, 11) is 0. The van der Waals surface area contributed by atoms with Gasteiger partial charge in [-0.3, -0.25) is 9.59 Å². The summed E-state index contributed by atoms with van der Waals surface area (Å²) < 4.78 is 5.30. The molecular formula is C17H24N2O3. The Labute approximate surface area is 131 Å². The molecule has 0 bridgehead atoms. The van der Waals surface area contributed by atoms with Crippen molar-refractivity contribution in [1.82, 2.24) is 10.6 Å². The highest BCUT2D eigenvalue weighted by atomic mass is 16.5. The molecule has 1 heterocycles. The van der Waals surface area contributed by atoms with E-state index in [4.69, 9.17) is 4.74 Å². The van der Waals surface area contributed by atoms with Crippen LogP contribution in [0.4, 0.5) is 0 Å². The summed E-state index contributed by atoms with van der Waals surface area (Å²) in [5.41, 5.74) is 2.09. The van der Waals surface area contributed by atoms with E-state index in [9.17, 15) is 9.59 Å². The van der Waals surface area contributed by atoms with Gasteiger partial charge in [-0.2, -0.15) is 0 Å². The molecule has 5 nitrogen and oxygen atoms in total. The molecule has 1 fully saturated rings. The van der Waals surface area contributed by atoms with E-state index in [0.717, 1.165) is 24.2 Å². The van der Waals surface area contributed by atoms with Crippen molar-refractivity contribution in [3.63, 3.8) is 0 Å². The van der Waals surface area contributed by atoms with E-state index in [0.29, 0.717) is 19.1 Å². The van der Waals surface area contributed by atoms with Crippen molar-refractivity contribution in [1.29, 1.82) is 0 Å². The molecule has 0 radical (unpaired) electrons. The average Bonchev–Trinajstić information content (AvgIpc) is 2.98. The van der Waals surface area contributed by atoms with Crippen molar-refractivity contribution >= 4 is 11.8 Å². The van der Waals surface area contributed by atoms with Crippen LogP contribution in [0.5, 0.6) is 0 Å². The minimum absolute atomic E-state index is 0.0498. The zero-order valence-corrected chi connectivity index (χ0v) is 13.2. The fraction of sp³-hybridized carbons (Fsp3) is 0.529. The fourth-order valence-electron chi connectivity index (χ4n) is 2.56. The van der Waals surface area contributed by atoms with Crippen LogP contribution in [0, 0.1) is 12.8 Å². The average molecular weight is 304 g/mol. The molecule has 120 valence electrons. The van der Waals surface area contributed by atoms with Gasteiger partial charge in [-0.05, 0) is 18.9 Å². The van der Waals surface area contributed by atoms with Crippen molar-refractivity contribution in [2.75, 3.05) is 19.8 Å². The molecule has 0 unspecified atom stereocenters. The van der Waals surface area contributed by atoms with Crippen LogP contribution in [0.1, 0.15) is 36.9 Å². The summed E-state index contributed by atoms with van der Waals surface area (Å²) >= 11 is 0. The van der Waals surface area contributed by atoms with E-state index < -0.39 is 0 Å². The van der Waals surface area contributed by atoms with E-state index in [-0.39, 0.29) is 24.3 Å². The fourth-order valence-corrected chi connectivity index (χ4v) is 2.56. The van der Waals surface area contributed by atoms with Crippen molar-refractivity contribution in [3.05, 3.63) is 35.4 Å². The third-order valence-electron chi connectivity index (χ3n) is 3.86. The van der Waals surface area contributed by atoms with Crippen molar-refractivity contribution in [2.45, 2.75) is 32.7 Å². The summed E-state index contributed by atoms with van der Waals surface area (Å²) in [4.78, 5) is 23.5. The molecule has 1 aromatic carbocycles. The van der Waals surface area contributed by atoms with Crippen LogP contribution in [0.3, 0.4) is 0 Å². The number of aryl methyl sites for hydroxylation is 1. The Balaban J connectivity index is 1.91. The highest BCUT2D eigenvalue weighted by Crippen LogP contribution is 2.18. The number of hydrogen-bond acceptors (Lipinski definition) is 3. The number of amides is 2. The Morgan fingerprint density at radius 1 is 1.32 bits per heavy atom. The van der Waals surface area contributed by atoms with Crippen LogP contribution in [0.15, 0.2) is 24.3 Å². The van der Waals surface area contributed by atoms with Gasteiger partial charge in [0.25, 0.3) is 0 Å². The minimum Gasteiger partial charge on any atom is -0.381 e. The summed E-state index contributed by atoms with van der Waals surface area (Å²) in [6.45, 7) is 5.61. The van der Waals surface area contributed by atoms with Crippen LogP contribution in [0.2, 0.25) is 0 Å². The molecule has 0 spiro atoms. The lowest BCUT2D eigenvalue weighted by molar-refractivity contribution is -0.122. The van der Waals surface area contributed by atoms with Crippen LogP contribution >= 0.6 is 0 Å². The van der Waals surface area contributed by atoms with Gasteiger partial charge in [-0.1, -0.05) is 29.8 Å². The third kappa shape index (κ3) is 5.15. The van der Waals surface area contributed by atoms with Gasteiger partial charge >= 0.3 is 0 Å². The maximum atomic E-state index is 12.1. The van der Waals surface area contributed by atoms with Gasteiger partial charge in [0, 0.05) is 26.0 Å². The summed E-state index contributed by atoms with van der Waals surface area (Å²) in [6.07, 6.45) is 1.24. The number of rotatable bonds is 6. The van der Waals surface area contributed by atoms with Gasteiger partial charge in [-0.25, -0.2) is 0 Å². The van der Waals surface area contributed by atoms with Gasteiger partial charge in [0.15, 0.2) is 0 Å². The topological polar surface area (TPSA) is 67.4 Å². The zero-order valence-electron chi connectivity index (χ0n) is 13.2. The largest absolute Gasteiger partial charge is 0.381 e. The van der Waals surface area contributed by atoms with Gasteiger partial charge in [-0.15, -0.1) is 0 Å². The number of ether oxygens (including phenoxy) is 1. The second kappa shape index (κ2) is 7.94. The van der Waals surface area contributed by atoms with Crippen molar-refractivity contribution in [3.8, 4) is 0 Å². The van der Waals surface area contributed by atoms with Gasteiger partial charge in [0.2, 0.25) is 11.8 Å². The van der Waals surface area contributed by atoms with E-state index in [1.165, 1.54) is 6.92 Å². The number of benzene rings is 1. The van der Waals surface area contributed by atoms with Gasteiger partial charge in [0.05, 0.1) is 19.1 Å². The van der Waals surface area contributed by atoms with Gasteiger partial charge < -0.3 is 15.4 Å². The van der Waals surface area contributed by atoms with Crippen molar-refractivity contribution < 1.29 is 14.3 Å². The minimum atomic E-state index is -0.294. The summed E-state index contributed by atoms with van der Waals surface area (Å²) in [5.74, 6) is 0.219. The molecule has 1 saturated heterocycles. The Morgan fingerprint density at radius 2 is 2.05 bits per heavy atom. The standard InChI is InChI=1S/C17H24N2O3/c1-12-3-5-15(6-4-12)16(19-13(2)20)9-17(21)18-10-14-7-8-22-11-14/h3-6,14,16H,7-11H2,1-2H3,(H,18,21)(H,19,20)/t14-,16-/m1/s1. The Bertz CT molecular complexity index is 507. The Morgan fingerprint density at radius 3 is 2.64 bits per heavy atom. The molecule has 1 aliphatic rings. The molecule has 2 atom stereocenters. The molecule has 1 aromatic rings. The number of hydrogen-bond donors (Lipinski definition) is 2. The maximum absolute atomic E-state index is 12.1. The van der Waals surface area contributed by atoms with Gasteiger partial charge in [0.1, 0.15) is 0 Å². The normalized spacial score (nSPS) is 18.7. The highest BCUT2D eigenvalue weighted by Gasteiger charge is 2.19. The molecule has 0 aliphatic carbocycles. The molecule has 22 heavy (non-hydrogen) atoms. The van der Waals surface area contributed by atoms with E-state index in [1.807, 2.05) is 31.2 Å². The molecule has 0 aromatic heterocycles. The molecular weight excluding hydrogens is 280 g/mol. The molecule has 0 saturated carbocycles. The van der Waals surface area contributed by atoms with Crippen LogP contribution in [-0.4, -0.2) is 31.6 Å². The predicted octanol–water partition coefficient (Wildman–Crippen LogP) is 1.72. The SMILES string of the molecule is CC(=O)N[C@H](CC(=O)NC[C@H]1CCOC1)c1ccc(C)cc1. The van der Waals surface area contributed by atoms with Crippen LogP contribution in [-0.2, 0) is 14.3 Å². The lowest BCUT2D eigenvalue weighted by Gasteiger charge is -2.19. The predicted molar refractivity (Wildman–Crippen MR) is 84.3 cm³/mol. The molecule has 2 rings (SSSR count). The summed E-state index contributed by atoms with van der Waals surface area (Å²) in [6, 6.07) is 7.58. The van der Waals surface area contributed by atoms with E-state index >= 15 is 0 Å². The molecule has 1 aliphatic heterocycles. The second-order valence-electron chi connectivity index (χ2n) is 5.90. The Hall–Kier alpha value is -1.88. The number of carbonyl (C=O) groups excluding carboxylic acids is 2. The molecule has 5 heteroatoms. The van der Waals surface area contributed by atoms with Crippen LogP contribution in [0.25, 0.3) is 0 Å². The lowest BCUT2D eigenvalue weighted by Crippen LogP contribution is -2.34. The van der Waals surface area contributed by atoms with E-state index in [2.05, 4.69) is 10.6 Å². The first-order valence-corrected chi connectivity index (χ1v) is 7.72. The number of nitrogens with one attached hydrogen (secondary N) is 2. The first kappa shape index (κ1) is 16.5. The van der Waals surface area contributed by atoms with Crippen LogP contribution < -0.4 is 10.6 Å². The monoisotopic (exact) mass is 304 g/mol. The second-order valence-corrected chi connectivity index (χ2v) is 5.90. The Kier molecular flexibility index (Phi) is 5.95. The number of carbonyl (C=O) groups is 2. The first-order chi connectivity index (χ1) is 10.5. The third-order valence-corrected chi connectivity index (χ3v) is 3.86. The van der Waals surface area contributed by atoms with Crippen molar-refractivity contribution in [2.24, 2.45) is 5.92 Å². The maximum Gasteiger partial charge on any atom is 0.222 e. The summed E-state index contributed by atoms with van der Waals surface area (Å²) in [5, 5.41) is 5.79. The first-order valence-electron chi connectivity index (χ1n) is 7.72.